The Labute approximate surface area is 89.7 Å². The zero-order chi connectivity index (χ0) is 11.3. The second-order valence-corrected chi connectivity index (χ2v) is 4.04. The van der Waals surface area contributed by atoms with Gasteiger partial charge in [0, 0.05) is 12.0 Å². The molecule has 0 aliphatic rings. The Morgan fingerprint density at radius 2 is 2.00 bits per heavy atom. The van der Waals surface area contributed by atoms with Gasteiger partial charge in [0.15, 0.2) is 6.07 Å². The van der Waals surface area contributed by atoms with Crippen molar-refractivity contribution >= 4 is 5.91 Å². The van der Waals surface area contributed by atoms with Gasteiger partial charge in [0.1, 0.15) is 0 Å². The highest BCUT2D eigenvalue weighted by Gasteiger charge is 2.20. The first-order chi connectivity index (χ1) is 7.06. The molecule has 0 aliphatic heterocycles. The molecule has 1 aromatic rings. The summed E-state index contributed by atoms with van der Waals surface area (Å²) in [6.07, 6.45) is 0. The molecule has 0 aromatic heterocycles. The first kappa shape index (κ1) is 11.3. The maximum absolute atomic E-state index is 10.8. The minimum absolute atomic E-state index is 0.159. The number of amides is 1. The van der Waals surface area contributed by atoms with Crippen LogP contribution in [0.5, 0.6) is 0 Å². The van der Waals surface area contributed by atoms with E-state index in [0.29, 0.717) is 6.54 Å². The number of carbonyl (C=O) groups excluding carboxylic acids is 1. The summed E-state index contributed by atoms with van der Waals surface area (Å²) in [5.41, 5.74) is 0.983. The monoisotopic (exact) mass is 202 g/mol. The fourth-order valence-electron chi connectivity index (χ4n) is 1.33. The van der Waals surface area contributed by atoms with Gasteiger partial charge < -0.3 is 5.32 Å². The molecule has 1 N–H and O–H groups in total. The molecule has 0 heterocycles. The fourth-order valence-corrected chi connectivity index (χ4v) is 1.33. The normalized spacial score (nSPS) is 10.5. The van der Waals surface area contributed by atoms with Crippen LogP contribution in [0, 0.1) is 11.3 Å². The molecule has 1 aromatic carbocycles. The molecule has 0 saturated heterocycles. The van der Waals surface area contributed by atoms with E-state index in [4.69, 9.17) is 5.26 Å². The summed E-state index contributed by atoms with van der Waals surface area (Å²) >= 11 is 0. The van der Waals surface area contributed by atoms with Crippen LogP contribution in [-0.2, 0) is 10.2 Å². The van der Waals surface area contributed by atoms with Gasteiger partial charge in [0.2, 0.25) is 0 Å². The molecular weight excluding hydrogens is 188 g/mol. The van der Waals surface area contributed by atoms with E-state index in [0.717, 1.165) is 5.56 Å². The lowest BCUT2D eigenvalue weighted by molar-refractivity contribution is -0.116. The van der Waals surface area contributed by atoms with Crippen molar-refractivity contribution in [2.75, 3.05) is 6.54 Å². The van der Waals surface area contributed by atoms with Gasteiger partial charge in [-0.1, -0.05) is 44.2 Å². The predicted octanol–water partition coefficient (Wildman–Crippen LogP) is 1.60. The van der Waals surface area contributed by atoms with E-state index in [1.165, 1.54) is 6.07 Å². The SMILES string of the molecule is CC(C)(CNC(=O)C#N)c1ccccc1. The molecule has 0 saturated carbocycles. The Balaban J connectivity index is 2.68. The summed E-state index contributed by atoms with van der Waals surface area (Å²) in [5, 5.41) is 10.9. The summed E-state index contributed by atoms with van der Waals surface area (Å²) in [6.45, 7) is 4.52. The molecule has 15 heavy (non-hydrogen) atoms. The van der Waals surface area contributed by atoms with E-state index in [1.807, 2.05) is 44.2 Å². The molecular formula is C12H14N2O. The highest BCUT2D eigenvalue weighted by atomic mass is 16.1. The van der Waals surface area contributed by atoms with Crippen molar-refractivity contribution in [2.45, 2.75) is 19.3 Å². The lowest BCUT2D eigenvalue weighted by Crippen LogP contribution is -2.35. The summed E-state index contributed by atoms with van der Waals surface area (Å²) in [5.74, 6) is -0.584. The van der Waals surface area contributed by atoms with Gasteiger partial charge in [-0.25, -0.2) is 0 Å². The Bertz CT molecular complexity index is 376. The number of benzene rings is 1. The Kier molecular flexibility index (Phi) is 3.46. The number of hydrogen-bond donors (Lipinski definition) is 1. The zero-order valence-electron chi connectivity index (χ0n) is 8.95. The van der Waals surface area contributed by atoms with Crippen LogP contribution in [0.3, 0.4) is 0 Å². The highest BCUT2D eigenvalue weighted by molar-refractivity contribution is 5.91. The van der Waals surface area contributed by atoms with E-state index in [-0.39, 0.29) is 5.41 Å². The van der Waals surface area contributed by atoms with Gasteiger partial charge in [0.05, 0.1) is 0 Å². The molecule has 0 radical (unpaired) electrons. The fraction of sp³-hybridized carbons (Fsp3) is 0.333. The third-order valence-corrected chi connectivity index (χ3v) is 2.35. The topological polar surface area (TPSA) is 52.9 Å². The molecule has 3 heteroatoms. The molecule has 1 rings (SSSR count). The molecule has 78 valence electrons. The molecule has 0 spiro atoms. The van der Waals surface area contributed by atoms with E-state index < -0.39 is 5.91 Å². The van der Waals surface area contributed by atoms with Crippen LogP contribution in [0.4, 0.5) is 0 Å². The molecule has 0 aliphatic carbocycles. The lowest BCUT2D eigenvalue weighted by Gasteiger charge is -2.24. The maximum atomic E-state index is 10.8. The second-order valence-electron chi connectivity index (χ2n) is 4.04. The highest BCUT2D eigenvalue weighted by Crippen LogP contribution is 2.21. The van der Waals surface area contributed by atoms with Gasteiger partial charge >= 0.3 is 5.91 Å². The standard InChI is InChI=1S/C12H14N2O/c1-12(2,9-14-11(15)8-13)10-6-4-3-5-7-10/h3-7H,9H2,1-2H3,(H,14,15). The molecule has 0 unspecified atom stereocenters. The van der Waals surface area contributed by atoms with Gasteiger partial charge in [-0.3, -0.25) is 4.79 Å². The van der Waals surface area contributed by atoms with Gasteiger partial charge in [-0.15, -0.1) is 0 Å². The van der Waals surface area contributed by atoms with Crippen LogP contribution in [0.15, 0.2) is 30.3 Å². The Hall–Kier alpha value is -1.82. The predicted molar refractivity (Wildman–Crippen MR) is 58.1 cm³/mol. The van der Waals surface area contributed by atoms with Gasteiger partial charge in [-0.05, 0) is 5.56 Å². The number of nitrogens with one attached hydrogen (secondary N) is 1. The van der Waals surface area contributed by atoms with Crippen LogP contribution >= 0.6 is 0 Å². The largest absolute Gasteiger partial charge is 0.343 e. The lowest BCUT2D eigenvalue weighted by atomic mass is 9.85. The number of carbonyl (C=O) groups is 1. The zero-order valence-corrected chi connectivity index (χ0v) is 8.95. The molecule has 0 bridgehead atoms. The molecule has 1 amide bonds. The van der Waals surface area contributed by atoms with Crippen molar-refractivity contribution in [3.63, 3.8) is 0 Å². The van der Waals surface area contributed by atoms with Gasteiger partial charge in [-0.2, -0.15) is 5.26 Å². The van der Waals surface area contributed by atoms with E-state index in [2.05, 4.69) is 5.32 Å². The van der Waals surface area contributed by atoms with E-state index in [9.17, 15) is 4.79 Å². The van der Waals surface area contributed by atoms with Gasteiger partial charge in [0.25, 0.3) is 0 Å². The molecule has 3 nitrogen and oxygen atoms in total. The average molecular weight is 202 g/mol. The second kappa shape index (κ2) is 4.61. The van der Waals surface area contributed by atoms with Crippen molar-refractivity contribution in [2.24, 2.45) is 0 Å². The average Bonchev–Trinajstić information content (AvgIpc) is 2.27. The summed E-state index contributed by atoms with van der Waals surface area (Å²) in [4.78, 5) is 10.8. The first-order valence-electron chi connectivity index (χ1n) is 4.80. The first-order valence-corrected chi connectivity index (χ1v) is 4.80. The van der Waals surface area contributed by atoms with Crippen molar-refractivity contribution in [3.8, 4) is 6.07 Å². The minimum atomic E-state index is -0.584. The van der Waals surface area contributed by atoms with E-state index >= 15 is 0 Å². The van der Waals surface area contributed by atoms with Crippen LogP contribution in [0.2, 0.25) is 0 Å². The van der Waals surface area contributed by atoms with Crippen molar-refractivity contribution in [3.05, 3.63) is 35.9 Å². The smallest absolute Gasteiger partial charge is 0.322 e. The Morgan fingerprint density at radius 3 is 2.53 bits per heavy atom. The van der Waals surface area contributed by atoms with Crippen LogP contribution in [-0.4, -0.2) is 12.5 Å². The number of nitriles is 1. The summed E-state index contributed by atoms with van der Waals surface area (Å²) in [7, 11) is 0. The number of hydrogen-bond acceptors (Lipinski definition) is 2. The quantitative estimate of drug-likeness (QED) is 0.757. The summed E-state index contributed by atoms with van der Waals surface area (Å²) < 4.78 is 0. The minimum Gasteiger partial charge on any atom is -0.343 e. The Morgan fingerprint density at radius 1 is 1.40 bits per heavy atom. The number of nitrogens with zero attached hydrogens (tertiary/aromatic N) is 1. The van der Waals surface area contributed by atoms with Crippen molar-refractivity contribution in [1.29, 1.82) is 5.26 Å². The van der Waals surface area contributed by atoms with Crippen LogP contribution in [0.1, 0.15) is 19.4 Å². The van der Waals surface area contributed by atoms with Crippen molar-refractivity contribution in [1.82, 2.24) is 5.32 Å². The van der Waals surface area contributed by atoms with Crippen molar-refractivity contribution < 1.29 is 4.79 Å². The maximum Gasteiger partial charge on any atom is 0.322 e. The number of rotatable bonds is 3. The van der Waals surface area contributed by atoms with Crippen LogP contribution in [0.25, 0.3) is 0 Å². The van der Waals surface area contributed by atoms with E-state index in [1.54, 1.807) is 0 Å². The third-order valence-electron chi connectivity index (χ3n) is 2.35. The van der Waals surface area contributed by atoms with Crippen LogP contribution < -0.4 is 5.32 Å². The molecule has 0 fully saturated rings. The third kappa shape index (κ3) is 3.10. The summed E-state index contributed by atoms with van der Waals surface area (Å²) in [6, 6.07) is 11.4. The molecule has 0 atom stereocenters.